The number of hydrogen-bond acceptors (Lipinski definition) is 4. The minimum atomic E-state index is -0.500. The number of thiol groups is 1. The molecule has 0 aliphatic carbocycles. The van der Waals surface area contributed by atoms with Gasteiger partial charge < -0.3 is 4.74 Å². The lowest BCUT2D eigenvalue weighted by atomic mass is 10.0. The van der Waals surface area contributed by atoms with E-state index in [1.54, 1.807) is 19.1 Å². The van der Waals surface area contributed by atoms with Gasteiger partial charge in [-0.3, -0.25) is 0 Å². The molecule has 0 aromatic heterocycles. The third-order valence-electron chi connectivity index (χ3n) is 2.02. The molecule has 16 heavy (non-hydrogen) atoms. The van der Waals surface area contributed by atoms with Gasteiger partial charge in [0.05, 0.1) is 23.8 Å². The fraction of sp³-hybridized carbons (Fsp3) is 0.273. The summed E-state index contributed by atoms with van der Waals surface area (Å²) in [5, 5.41) is 8.89. The Balaban J connectivity index is 3.35. The molecule has 0 saturated heterocycles. The Morgan fingerprint density at radius 1 is 1.62 bits per heavy atom. The zero-order valence-corrected chi connectivity index (χ0v) is 10.3. The van der Waals surface area contributed by atoms with Crippen LogP contribution in [0.4, 0.5) is 0 Å². The molecule has 0 heterocycles. The van der Waals surface area contributed by atoms with Gasteiger partial charge >= 0.3 is 5.97 Å². The zero-order valence-electron chi connectivity index (χ0n) is 8.66. The normalized spacial score (nSPS) is 9.62. The molecule has 0 unspecified atom stereocenters. The topological polar surface area (TPSA) is 50.1 Å². The first-order chi connectivity index (χ1) is 7.65. The van der Waals surface area contributed by atoms with Gasteiger partial charge in [0.2, 0.25) is 0 Å². The van der Waals surface area contributed by atoms with Gasteiger partial charge in [-0.25, -0.2) is 4.79 Å². The lowest BCUT2D eigenvalue weighted by Crippen LogP contribution is -2.10. The van der Waals surface area contributed by atoms with Gasteiger partial charge in [-0.15, -0.1) is 24.2 Å². The van der Waals surface area contributed by atoms with E-state index in [1.165, 1.54) is 0 Å². The summed E-state index contributed by atoms with van der Waals surface area (Å²) in [5.74, 6) is -0.425. The first kappa shape index (κ1) is 12.9. The molecule has 0 bridgehead atoms. The van der Waals surface area contributed by atoms with Crippen LogP contribution in [0.15, 0.2) is 17.0 Å². The highest BCUT2D eigenvalue weighted by atomic mass is 35.5. The van der Waals surface area contributed by atoms with E-state index in [1.807, 2.05) is 6.07 Å². The number of rotatable bonds is 3. The molecule has 84 valence electrons. The molecule has 0 fully saturated rings. The van der Waals surface area contributed by atoms with E-state index >= 15 is 0 Å². The standard InChI is InChI=1S/C11H10ClNO2S/c1-2-15-11(14)10-8(5-12)7(6-13)3-4-9(10)16/h3-4,16H,2,5H2,1H3. The van der Waals surface area contributed by atoms with Crippen LogP contribution in [-0.4, -0.2) is 12.6 Å². The highest BCUT2D eigenvalue weighted by Crippen LogP contribution is 2.24. The largest absolute Gasteiger partial charge is 0.462 e. The van der Waals surface area contributed by atoms with E-state index in [0.717, 1.165) is 0 Å². The Morgan fingerprint density at radius 3 is 2.81 bits per heavy atom. The summed E-state index contributed by atoms with van der Waals surface area (Å²) in [4.78, 5) is 12.1. The molecular formula is C11H10ClNO2S. The smallest absolute Gasteiger partial charge is 0.339 e. The monoisotopic (exact) mass is 255 g/mol. The van der Waals surface area contributed by atoms with E-state index in [0.29, 0.717) is 16.0 Å². The highest BCUT2D eigenvalue weighted by molar-refractivity contribution is 7.80. The number of esters is 1. The van der Waals surface area contributed by atoms with Gasteiger partial charge in [-0.05, 0) is 19.1 Å². The third-order valence-corrected chi connectivity index (χ3v) is 2.66. The Labute approximate surface area is 104 Å². The first-order valence-corrected chi connectivity index (χ1v) is 5.61. The SMILES string of the molecule is CCOC(=O)c1c(S)ccc(C#N)c1CCl. The number of ether oxygens (including phenoxy) is 1. The molecule has 3 nitrogen and oxygen atoms in total. The van der Waals surface area contributed by atoms with Crippen LogP contribution in [0.25, 0.3) is 0 Å². The average Bonchev–Trinajstić information content (AvgIpc) is 2.28. The molecule has 0 amide bonds. The van der Waals surface area contributed by atoms with Crippen LogP contribution in [0.2, 0.25) is 0 Å². The number of benzene rings is 1. The molecule has 1 rings (SSSR count). The number of hydrogen-bond donors (Lipinski definition) is 1. The Morgan fingerprint density at radius 2 is 2.31 bits per heavy atom. The number of nitrogens with zero attached hydrogens (tertiary/aromatic N) is 1. The lowest BCUT2D eigenvalue weighted by Gasteiger charge is -2.10. The molecule has 1 aromatic rings. The maximum absolute atomic E-state index is 11.7. The molecule has 0 atom stereocenters. The van der Waals surface area contributed by atoms with E-state index in [4.69, 9.17) is 21.6 Å². The van der Waals surface area contributed by atoms with E-state index in [9.17, 15) is 4.79 Å². The van der Waals surface area contributed by atoms with Gasteiger partial charge in [0.25, 0.3) is 0 Å². The van der Waals surface area contributed by atoms with E-state index in [-0.39, 0.29) is 18.1 Å². The van der Waals surface area contributed by atoms with Crippen molar-refractivity contribution in [2.75, 3.05) is 6.61 Å². The summed E-state index contributed by atoms with van der Waals surface area (Å²) in [6, 6.07) is 5.16. The van der Waals surface area contributed by atoms with Gasteiger partial charge in [0, 0.05) is 16.3 Å². The molecule has 0 spiro atoms. The van der Waals surface area contributed by atoms with Crippen molar-refractivity contribution in [3.8, 4) is 6.07 Å². The van der Waals surface area contributed by atoms with Crippen LogP contribution >= 0.6 is 24.2 Å². The third kappa shape index (κ3) is 2.49. The maximum atomic E-state index is 11.7. The van der Waals surface area contributed by atoms with Crippen molar-refractivity contribution in [1.29, 1.82) is 5.26 Å². The molecule has 0 N–H and O–H groups in total. The number of nitriles is 1. The summed E-state index contributed by atoms with van der Waals surface area (Å²) in [6.45, 7) is 1.98. The van der Waals surface area contributed by atoms with Crippen molar-refractivity contribution in [2.24, 2.45) is 0 Å². The summed E-state index contributed by atoms with van der Waals surface area (Å²) < 4.78 is 4.89. The maximum Gasteiger partial charge on any atom is 0.339 e. The van der Waals surface area contributed by atoms with Crippen molar-refractivity contribution >= 4 is 30.2 Å². The van der Waals surface area contributed by atoms with E-state index < -0.39 is 5.97 Å². The predicted molar refractivity (Wildman–Crippen MR) is 63.9 cm³/mol. The van der Waals surface area contributed by atoms with Gasteiger partial charge in [-0.1, -0.05) is 0 Å². The van der Waals surface area contributed by atoms with Crippen LogP contribution in [0.5, 0.6) is 0 Å². The van der Waals surface area contributed by atoms with Crippen molar-refractivity contribution < 1.29 is 9.53 Å². The second-order valence-corrected chi connectivity index (χ2v) is 3.70. The van der Waals surface area contributed by atoms with Crippen molar-refractivity contribution in [2.45, 2.75) is 17.7 Å². The summed E-state index contributed by atoms with van der Waals surface area (Å²) >= 11 is 9.91. The quantitative estimate of drug-likeness (QED) is 0.513. The van der Waals surface area contributed by atoms with Gasteiger partial charge in [-0.2, -0.15) is 5.26 Å². The minimum absolute atomic E-state index is 0.0748. The van der Waals surface area contributed by atoms with Crippen LogP contribution < -0.4 is 0 Å². The molecular weight excluding hydrogens is 246 g/mol. The summed E-state index contributed by atoms with van der Waals surface area (Å²) in [5.41, 5.74) is 1.12. The fourth-order valence-corrected chi connectivity index (χ4v) is 1.89. The first-order valence-electron chi connectivity index (χ1n) is 4.63. The predicted octanol–water partition coefficient (Wildman–Crippen LogP) is 2.76. The number of halogens is 1. The van der Waals surface area contributed by atoms with Gasteiger partial charge in [0.1, 0.15) is 0 Å². The number of alkyl halides is 1. The second-order valence-electron chi connectivity index (χ2n) is 2.95. The van der Waals surface area contributed by atoms with Crippen molar-refractivity contribution in [3.63, 3.8) is 0 Å². The van der Waals surface area contributed by atoms with Gasteiger partial charge in [0.15, 0.2) is 0 Å². The molecule has 0 radical (unpaired) electrons. The number of carbonyl (C=O) groups is 1. The van der Waals surface area contributed by atoms with Crippen LogP contribution in [0.1, 0.15) is 28.4 Å². The molecule has 0 saturated carbocycles. The second kappa shape index (κ2) is 5.78. The van der Waals surface area contributed by atoms with Crippen LogP contribution in [0, 0.1) is 11.3 Å². The molecule has 0 aliphatic rings. The lowest BCUT2D eigenvalue weighted by molar-refractivity contribution is 0.0521. The van der Waals surface area contributed by atoms with Crippen LogP contribution in [-0.2, 0) is 10.6 Å². The van der Waals surface area contributed by atoms with Crippen LogP contribution in [0.3, 0.4) is 0 Å². The summed E-state index contributed by atoms with van der Waals surface area (Å²) in [7, 11) is 0. The van der Waals surface area contributed by atoms with Crippen molar-refractivity contribution in [3.05, 3.63) is 28.8 Å². The Hall–Kier alpha value is -1.18. The fourth-order valence-electron chi connectivity index (χ4n) is 1.31. The van der Waals surface area contributed by atoms with E-state index in [2.05, 4.69) is 12.6 Å². The molecule has 1 aromatic carbocycles. The zero-order chi connectivity index (χ0) is 12.1. The summed E-state index contributed by atoms with van der Waals surface area (Å²) in [6.07, 6.45) is 0. The molecule has 5 heteroatoms. The Kier molecular flexibility index (Phi) is 4.66. The minimum Gasteiger partial charge on any atom is -0.462 e. The Bertz CT molecular complexity index is 454. The average molecular weight is 256 g/mol. The van der Waals surface area contributed by atoms with Crippen molar-refractivity contribution in [1.82, 2.24) is 0 Å². The highest BCUT2D eigenvalue weighted by Gasteiger charge is 2.18. The molecule has 0 aliphatic heterocycles. The number of carbonyl (C=O) groups excluding carboxylic acids is 1.